The molecule has 4 rings (SSSR count). The van der Waals surface area contributed by atoms with Gasteiger partial charge in [0.2, 0.25) is 0 Å². The number of aliphatic hydroxyl groups excluding tert-OH is 1. The average Bonchev–Trinajstić information content (AvgIpc) is 2.66. The number of aliphatic hydroxyl groups is 1. The van der Waals surface area contributed by atoms with E-state index in [0.717, 1.165) is 27.3 Å². The Kier molecular flexibility index (Phi) is 4.83. The number of rotatable bonds is 5. The zero-order valence-corrected chi connectivity index (χ0v) is 15.4. The van der Waals surface area contributed by atoms with Gasteiger partial charge in [-0.1, -0.05) is 60.3 Å². The highest BCUT2D eigenvalue weighted by Crippen LogP contribution is 2.38. The Morgan fingerprint density at radius 1 is 0.808 bits per heavy atom. The van der Waals surface area contributed by atoms with E-state index < -0.39 is 6.10 Å². The van der Waals surface area contributed by atoms with E-state index in [0.29, 0.717) is 0 Å². The molecule has 3 heteroatoms. The molecule has 1 unspecified atom stereocenters. The molecule has 4 aromatic carbocycles. The Hall–Kier alpha value is -2.49. The minimum atomic E-state index is -0.508. The van der Waals surface area contributed by atoms with Crippen molar-refractivity contribution in [1.82, 2.24) is 0 Å². The highest BCUT2D eigenvalue weighted by Gasteiger charge is 2.11. The first-order chi connectivity index (χ1) is 12.7. The summed E-state index contributed by atoms with van der Waals surface area (Å²) in [6, 6.07) is 27.2. The maximum atomic E-state index is 9.68. The van der Waals surface area contributed by atoms with Crippen LogP contribution in [0.2, 0.25) is 0 Å². The van der Waals surface area contributed by atoms with Gasteiger partial charge in [0.15, 0.2) is 0 Å². The first-order valence-electron chi connectivity index (χ1n) is 8.70. The third kappa shape index (κ3) is 3.55. The van der Waals surface area contributed by atoms with Gasteiger partial charge in [-0.25, -0.2) is 0 Å². The highest BCUT2D eigenvalue weighted by atomic mass is 32.2. The summed E-state index contributed by atoms with van der Waals surface area (Å²) in [6.45, 7) is 2.02. The van der Waals surface area contributed by atoms with Crippen molar-refractivity contribution in [2.75, 3.05) is 6.61 Å². The average molecular weight is 360 g/mol. The second-order valence-corrected chi connectivity index (χ2v) is 7.53. The summed E-state index contributed by atoms with van der Waals surface area (Å²) in [5.74, 6) is 0.842. The molecule has 0 aliphatic carbocycles. The number of hydrogen-bond acceptors (Lipinski definition) is 3. The number of ether oxygens (including phenoxy) is 1. The SMILES string of the molecule is CC(O)COc1c2ccccc2cc2ccc(Sc3ccccc3)cc12. The number of benzene rings is 4. The minimum absolute atomic E-state index is 0.277. The summed E-state index contributed by atoms with van der Waals surface area (Å²) in [4.78, 5) is 2.37. The van der Waals surface area contributed by atoms with Crippen molar-refractivity contribution < 1.29 is 9.84 Å². The molecule has 4 aromatic rings. The molecule has 26 heavy (non-hydrogen) atoms. The molecule has 0 aromatic heterocycles. The van der Waals surface area contributed by atoms with E-state index in [9.17, 15) is 5.11 Å². The fourth-order valence-electron chi connectivity index (χ4n) is 3.05. The molecule has 1 N–H and O–H groups in total. The third-order valence-electron chi connectivity index (χ3n) is 4.23. The lowest BCUT2D eigenvalue weighted by molar-refractivity contribution is 0.124. The molecule has 0 spiro atoms. The maximum absolute atomic E-state index is 9.68. The van der Waals surface area contributed by atoms with Crippen molar-refractivity contribution in [1.29, 1.82) is 0 Å². The van der Waals surface area contributed by atoms with Crippen LogP contribution < -0.4 is 4.74 Å². The van der Waals surface area contributed by atoms with E-state index in [1.807, 2.05) is 30.3 Å². The van der Waals surface area contributed by atoms with Crippen molar-refractivity contribution >= 4 is 33.3 Å². The Morgan fingerprint density at radius 2 is 1.54 bits per heavy atom. The van der Waals surface area contributed by atoms with Gasteiger partial charge >= 0.3 is 0 Å². The summed E-state index contributed by atoms with van der Waals surface area (Å²) in [5.41, 5.74) is 0. The van der Waals surface area contributed by atoms with Crippen LogP contribution in [-0.2, 0) is 0 Å². The first kappa shape index (κ1) is 17.0. The topological polar surface area (TPSA) is 29.5 Å². The molecule has 130 valence electrons. The zero-order chi connectivity index (χ0) is 17.9. The Balaban J connectivity index is 1.84. The molecule has 0 aliphatic rings. The smallest absolute Gasteiger partial charge is 0.135 e. The maximum Gasteiger partial charge on any atom is 0.135 e. The lowest BCUT2D eigenvalue weighted by Gasteiger charge is -2.15. The fourth-order valence-corrected chi connectivity index (χ4v) is 3.93. The zero-order valence-electron chi connectivity index (χ0n) is 14.6. The van der Waals surface area contributed by atoms with E-state index in [2.05, 4.69) is 48.5 Å². The largest absolute Gasteiger partial charge is 0.490 e. The summed E-state index contributed by atoms with van der Waals surface area (Å²) < 4.78 is 6.04. The monoisotopic (exact) mass is 360 g/mol. The molecule has 0 amide bonds. The van der Waals surface area contributed by atoms with E-state index in [4.69, 9.17) is 4.74 Å². The molecule has 2 nitrogen and oxygen atoms in total. The number of hydrogen-bond donors (Lipinski definition) is 1. The number of fused-ring (bicyclic) bond motifs is 2. The van der Waals surface area contributed by atoms with E-state index in [1.54, 1.807) is 18.7 Å². The standard InChI is InChI=1S/C23H20O2S/c1-16(24)15-25-23-21-10-6-5-7-17(21)13-18-11-12-20(14-22(18)23)26-19-8-3-2-4-9-19/h2-14,16,24H,15H2,1H3. The predicted octanol–water partition coefficient (Wildman–Crippen LogP) is 5.90. The second-order valence-electron chi connectivity index (χ2n) is 6.38. The summed E-state index contributed by atoms with van der Waals surface area (Å²) in [5, 5.41) is 14.1. The van der Waals surface area contributed by atoms with Crippen LogP contribution >= 0.6 is 11.8 Å². The molecule has 0 saturated heterocycles. The van der Waals surface area contributed by atoms with E-state index in [-0.39, 0.29) is 6.61 Å². The van der Waals surface area contributed by atoms with Gasteiger partial charge < -0.3 is 9.84 Å². The minimum Gasteiger partial charge on any atom is -0.490 e. The molecule has 0 radical (unpaired) electrons. The van der Waals surface area contributed by atoms with Crippen LogP contribution in [0.25, 0.3) is 21.5 Å². The molecule has 0 saturated carbocycles. The first-order valence-corrected chi connectivity index (χ1v) is 9.51. The second kappa shape index (κ2) is 7.40. The van der Waals surface area contributed by atoms with Gasteiger partial charge in [0, 0.05) is 20.6 Å². The molecule has 0 heterocycles. The van der Waals surface area contributed by atoms with Crippen molar-refractivity contribution in [2.24, 2.45) is 0 Å². The van der Waals surface area contributed by atoms with Crippen LogP contribution in [0.3, 0.4) is 0 Å². The van der Waals surface area contributed by atoms with Gasteiger partial charge in [0.1, 0.15) is 12.4 Å². The van der Waals surface area contributed by atoms with Gasteiger partial charge in [-0.05, 0) is 48.0 Å². The highest BCUT2D eigenvalue weighted by molar-refractivity contribution is 7.99. The molecule has 0 aliphatic heterocycles. The molecular formula is C23H20O2S. The van der Waals surface area contributed by atoms with Crippen LogP contribution in [0.5, 0.6) is 5.75 Å². The third-order valence-corrected chi connectivity index (χ3v) is 5.23. The van der Waals surface area contributed by atoms with Gasteiger partial charge in [0.05, 0.1) is 6.10 Å². The molecule has 0 bridgehead atoms. The summed E-state index contributed by atoms with van der Waals surface area (Å²) in [6.07, 6.45) is -0.508. The van der Waals surface area contributed by atoms with Crippen LogP contribution in [0.15, 0.2) is 88.7 Å². The van der Waals surface area contributed by atoms with Gasteiger partial charge in [-0.3, -0.25) is 0 Å². The fraction of sp³-hybridized carbons (Fsp3) is 0.130. The Labute approximate surface area is 157 Å². The quantitative estimate of drug-likeness (QED) is 0.449. The van der Waals surface area contributed by atoms with Crippen LogP contribution in [0.1, 0.15) is 6.92 Å². The van der Waals surface area contributed by atoms with Crippen LogP contribution in [0.4, 0.5) is 0 Å². The van der Waals surface area contributed by atoms with Crippen molar-refractivity contribution in [3.8, 4) is 5.75 Å². The van der Waals surface area contributed by atoms with Gasteiger partial charge in [-0.2, -0.15) is 0 Å². The Morgan fingerprint density at radius 3 is 2.35 bits per heavy atom. The van der Waals surface area contributed by atoms with Gasteiger partial charge in [0.25, 0.3) is 0 Å². The van der Waals surface area contributed by atoms with Gasteiger partial charge in [-0.15, -0.1) is 0 Å². The van der Waals surface area contributed by atoms with Crippen LogP contribution in [-0.4, -0.2) is 17.8 Å². The lowest BCUT2D eigenvalue weighted by Crippen LogP contribution is -2.13. The molecular weight excluding hydrogens is 340 g/mol. The Bertz CT molecular complexity index is 1040. The summed E-state index contributed by atoms with van der Waals surface area (Å²) in [7, 11) is 0. The van der Waals surface area contributed by atoms with Crippen LogP contribution in [0, 0.1) is 0 Å². The van der Waals surface area contributed by atoms with E-state index >= 15 is 0 Å². The van der Waals surface area contributed by atoms with Crippen molar-refractivity contribution in [3.63, 3.8) is 0 Å². The van der Waals surface area contributed by atoms with Crippen molar-refractivity contribution in [2.45, 2.75) is 22.8 Å². The molecule has 1 atom stereocenters. The predicted molar refractivity (Wildman–Crippen MR) is 109 cm³/mol. The van der Waals surface area contributed by atoms with Crippen molar-refractivity contribution in [3.05, 3.63) is 78.9 Å². The molecule has 0 fully saturated rings. The summed E-state index contributed by atoms with van der Waals surface area (Å²) >= 11 is 1.74. The van der Waals surface area contributed by atoms with E-state index in [1.165, 1.54) is 9.79 Å². The lowest BCUT2D eigenvalue weighted by atomic mass is 10.0. The normalized spacial score (nSPS) is 12.4.